The summed E-state index contributed by atoms with van der Waals surface area (Å²) in [4.78, 5) is 11.9. The van der Waals surface area contributed by atoms with Crippen molar-refractivity contribution in [2.75, 3.05) is 7.11 Å². The third-order valence-electron chi connectivity index (χ3n) is 3.36. The summed E-state index contributed by atoms with van der Waals surface area (Å²) in [6.45, 7) is 5.28. The number of hydrogen-bond acceptors (Lipinski definition) is 3. The summed E-state index contributed by atoms with van der Waals surface area (Å²) < 4.78 is 6.04. The highest BCUT2D eigenvalue weighted by Crippen LogP contribution is 2.26. The summed E-state index contributed by atoms with van der Waals surface area (Å²) in [6, 6.07) is 5.76. The normalized spacial score (nSPS) is 12.9. The van der Waals surface area contributed by atoms with Crippen molar-refractivity contribution in [2.24, 2.45) is 0 Å². The van der Waals surface area contributed by atoms with Crippen molar-refractivity contribution in [1.29, 1.82) is 0 Å². The number of carbonyl (C=O) groups is 1. The zero-order valence-corrected chi connectivity index (χ0v) is 14.0. The maximum atomic E-state index is 11.9. The fraction of sp³-hybridized carbons (Fsp3) is 0.533. The van der Waals surface area contributed by atoms with Gasteiger partial charge in [0.05, 0.1) is 23.2 Å². The minimum Gasteiger partial charge on any atom is -0.496 e. The molecule has 1 atom stereocenters. The molecule has 1 aromatic rings. The molecule has 0 aliphatic carbocycles. The molecule has 112 valence electrons. The van der Waals surface area contributed by atoms with Gasteiger partial charge in [0.25, 0.3) is 0 Å². The largest absolute Gasteiger partial charge is 0.496 e. The van der Waals surface area contributed by atoms with Crippen LogP contribution in [-0.2, 0) is 11.2 Å². The molecule has 0 fully saturated rings. The first-order chi connectivity index (χ1) is 9.26. The molecule has 1 aromatic carbocycles. The van der Waals surface area contributed by atoms with E-state index in [9.17, 15) is 9.90 Å². The van der Waals surface area contributed by atoms with Crippen molar-refractivity contribution in [3.63, 3.8) is 0 Å². The third kappa shape index (κ3) is 4.80. The molecule has 0 aliphatic heterocycles. The van der Waals surface area contributed by atoms with Gasteiger partial charge in [0, 0.05) is 6.42 Å². The van der Waals surface area contributed by atoms with Gasteiger partial charge in [0.1, 0.15) is 5.75 Å². The number of nitrogens with one attached hydrogen (secondary N) is 1. The number of methoxy groups -OCH3 is 1. The van der Waals surface area contributed by atoms with E-state index in [0.29, 0.717) is 12.8 Å². The number of carbonyl (C=O) groups excluding carboxylic acids is 1. The van der Waals surface area contributed by atoms with Crippen LogP contribution in [0.15, 0.2) is 22.7 Å². The second-order valence-corrected chi connectivity index (χ2v) is 6.27. The van der Waals surface area contributed by atoms with Gasteiger partial charge in [-0.1, -0.05) is 6.07 Å². The molecule has 0 radical (unpaired) electrons. The van der Waals surface area contributed by atoms with E-state index in [4.69, 9.17) is 4.74 Å². The van der Waals surface area contributed by atoms with Gasteiger partial charge in [-0.15, -0.1) is 0 Å². The Bertz CT molecular complexity index is 472. The molecule has 1 unspecified atom stereocenters. The highest BCUT2D eigenvalue weighted by atomic mass is 79.9. The molecule has 20 heavy (non-hydrogen) atoms. The van der Waals surface area contributed by atoms with E-state index < -0.39 is 11.6 Å². The Morgan fingerprint density at radius 1 is 1.50 bits per heavy atom. The first-order valence-corrected chi connectivity index (χ1v) is 7.37. The van der Waals surface area contributed by atoms with Crippen molar-refractivity contribution in [1.82, 2.24) is 5.32 Å². The highest BCUT2D eigenvalue weighted by Gasteiger charge is 2.25. The summed E-state index contributed by atoms with van der Waals surface area (Å²) in [5, 5.41) is 12.4. The van der Waals surface area contributed by atoms with Gasteiger partial charge in [-0.3, -0.25) is 4.79 Å². The van der Waals surface area contributed by atoms with Crippen molar-refractivity contribution < 1.29 is 14.6 Å². The van der Waals surface area contributed by atoms with E-state index in [1.165, 1.54) is 0 Å². The molecule has 1 amide bonds. The van der Waals surface area contributed by atoms with Gasteiger partial charge in [-0.05, 0) is 60.8 Å². The minimum atomic E-state index is -0.614. The molecular weight excluding hydrogens is 322 g/mol. The SMILES string of the molecule is COc1ccc(CCC(=O)NC(C)(C)C(C)O)cc1Br. The monoisotopic (exact) mass is 343 g/mol. The Morgan fingerprint density at radius 3 is 2.65 bits per heavy atom. The second kappa shape index (κ2) is 7.09. The van der Waals surface area contributed by atoms with E-state index in [2.05, 4.69) is 21.2 Å². The van der Waals surface area contributed by atoms with Crippen LogP contribution in [0.1, 0.15) is 32.8 Å². The number of ether oxygens (including phenoxy) is 1. The molecule has 2 N–H and O–H groups in total. The molecule has 0 bridgehead atoms. The first kappa shape index (κ1) is 17.0. The Hall–Kier alpha value is -1.07. The van der Waals surface area contributed by atoms with E-state index in [1.54, 1.807) is 27.9 Å². The van der Waals surface area contributed by atoms with Crippen LogP contribution in [-0.4, -0.2) is 29.8 Å². The average molecular weight is 344 g/mol. The van der Waals surface area contributed by atoms with Crippen LogP contribution in [0.2, 0.25) is 0 Å². The number of halogens is 1. The molecule has 0 heterocycles. The Labute approximate surface area is 128 Å². The number of rotatable bonds is 6. The number of amides is 1. The van der Waals surface area contributed by atoms with Gasteiger partial charge in [-0.2, -0.15) is 0 Å². The predicted molar refractivity (Wildman–Crippen MR) is 82.9 cm³/mol. The first-order valence-electron chi connectivity index (χ1n) is 6.57. The molecule has 0 aromatic heterocycles. The lowest BCUT2D eigenvalue weighted by Gasteiger charge is -2.29. The van der Waals surface area contributed by atoms with Gasteiger partial charge >= 0.3 is 0 Å². The predicted octanol–water partition coefficient (Wildman–Crippen LogP) is 2.67. The van der Waals surface area contributed by atoms with Crippen LogP contribution in [0.3, 0.4) is 0 Å². The summed E-state index contributed by atoms with van der Waals surface area (Å²) in [5.74, 6) is 0.705. The number of aliphatic hydroxyl groups is 1. The fourth-order valence-electron chi connectivity index (χ4n) is 1.65. The molecular formula is C15H22BrNO3. The molecule has 4 nitrogen and oxygen atoms in total. The number of benzene rings is 1. The van der Waals surface area contributed by atoms with Crippen LogP contribution in [0.5, 0.6) is 5.75 Å². The summed E-state index contributed by atoms with van der Waals surface area (Å²) in [5.41, 5.74) is 0.445. The van der Waals surface area contributed by atoms with Gasteiger partial charge < -0.3 is 15.2 Å². The lowest BCUT2D eigenvalue weighted by atomic mass is 9.98. The lowest BCUT2D eigenvalue weighted by molar-refractivity contribution is -0.123. The van der Waals surface area contributed by atoms with E-state index in [-0.39, 0.29) is 5.91 Å². The van der Waals surface area contributed by atoms with Crippen LogP contribution in [0.4, 0.5) is 0 Å². The van der Waals surface area contributed by atoms with Gasteiger partial charge in [-0.25, -0.2) is 0 Å². The standard InChI is InChI=1S/C15H22BrNO3/c1-10(18)15(2,3)17-14(19)8-6-11-5-7-13(20-4)12(16)9-11/h5,7,9-10,18H,6,8H2,1-4H3,(H,17,19). The lowest BCUT2D eigenvalue weighted by Crippen LogP contribution is -2.51. The molecule has 0 aliphatic rings. The Balaban J connectivity index is 2.55. The van der Waals surface area contributed by atoms with Crippen LogP contribution < -0.4 is 10.1 Å². The smallest absolute Gasteiger partial charge is 0.220 e. The average Bonchev–Trinajstić information content (AvgIpc) is 2.35. The van der Waals surface area contributed by atoms with E-state index in [0.717, 1.165) is 15.8 Å². The van der Waals surface area contributed by atoms with Gasteiger partial charge in [0.15, 0.2) is 0 Å². The maximum absolute atomic E-state index is 11.9. The number of hydrogen-bond donors (Lipinski definition) is 2. The van der Waals surface area contributed by atoms with Crippen LogP contribution in [0.25, 0.3) is 0 Å². The highest BCUT2D eigenvalue weighted by molar-refractivity contribution is 9.10. The molecule has 0 saturated heterocycles. The Morgan fingerprint density at radius 2 is 2.15 bits per heavy atom. The summed E-state index contributed by atoms with van der Waals surface area (Å²) in [6.07, 6.45) is 0.431. The molecule has 5 heteroatoms. The van der Waals surface area contributed by atoms with Gasteiger partial charge in [0.2, 0.25) is 5.91 Å². The minimum absolute atomic E-state index is 0.0668. The topological polar surface area (TPSA) is 58.6 Å². The van der Waals surface area contributed by atoms with E-state index in [1.807, 2.05) is 18.2 Å². The molecule has 1 rings (SSSR count). The quantitative estimate of drug-likeness (QED) is 0.834. The zero-order valence-electron chi connectivity index (χ0n) is 12.4. The van der Waals surface area contributed by atoms with Crippen molar-refractivity contribution in [3.05, 3.63) is 28.2 Å². The molecule has 0 saturated carbocycles. The zero-order chi connectivity index (χ0) is 15.3. The molecule has 0 spiro atoms. The third-order valence-corrected chi connectivity index (χ3v) is 3.98. The Kier molecular flexibility index (Phi) is 6.02. The van der Waals surface area contributed by atoms with Crippen LogP contribution in [0, 0.1) is 0 Å². The number of aryl methyl sites for hydroxylation is 1. The van der Waals surface area contributed by atoms with Crippen molar-refractivity contribution in [2.45, 2.75) is 45.3 Å². The second-order valence-electron chi connectivity index (χ2n) is 5.41. The maximum Gasteiger partial charge on any atom is 0.220 e. The fourth-order valence-corrected chi connectivity index (χ4v) is 2.24. The van der Waals surface area contributed by atoms with Crippen molar-refractivity contribution >= 4 is 21.8 Å². The summed E-state index contributed by atoms with van der Waals surface area (Å²) >= 11 is 3.42. The van der Waals surface area contributed by atoms with E-state index >= 15 is 0 Å². The summed E-state index contributed by atoms with van der Waals surface area (Å²) in [7, 11) is 1.62. The van der Waals surface area contributed by atoms with Crippen LogP contribution >= 0.6 is 15.9 Å². The van der Waals surface area contributed by atoms with Crippen molar-refractivity contribution in [3.8, 4) is 5.75 Å². The number of aliphatic hydroxyl groups excluding tert-OH is 1.